The molecule has 2 N–H and O–H groups in total. The molecule has 0 spiro atoms. The number of likely N-dealkylation sites (tertiary alicyclic amines) is 1. The van der Waals surface area contributed by atoms with Crippen molar-refractivity contribution in [3.05, 3.63) is 0 Å². The molecule has 2 fully saturated rings. The minimum absolute atomic E-state index is 0.297. The highest BCUT2D eigenvalue weighted by Crippen LogP contribution is 2.40. The van der Waals surface area contributed by atoms with E-state index >= 15 is 0 Å². The molecule has 2 aliphatic rings. The van der Waals surface area contributed by atoms with Crippen LogP contribution in [0.3, 0.4) is 0 Å². The highest BCUT2D eigenvalue weighted by molar-refractivity contribution is 5.80. The second-order valence-corrected chi connectivity index (χ2v) is 6.95. The normalized spacial score (nSPS) is 26.2. The van der Waals surface area contributed by atoms with E-state index < -0.39 is 11.5 Å². The lowest BCUT2D eigenvalue weighted by Gasteiger charge is -2.36. The van der Waals surface area contributed by atoms with Crippen molar-refractivity contribution in [2.45, 2.75) is 50.6 Å². The van der Waals surface area contributed by atoms with Gasteiger partial charge in [0.15, 0.2) is 0 Å². The molecule has 0 radical (unpaired) electrons. The van der Waals surface area contributed by atoms with Crippen LogP contribution >= 0.6 is 0 Å². The molecule has 5 heteroatoms. The molecule has 2 rings (SSSR count). The van der Waals surface area contributed by atoms with E-state index in [1.807, 2.05) is 0 Å². The zero-order valence-corrected chi connectivity index (χ0v) is 13.8. The van der Waals surface area contributed by atoms with E-state index in [2.05, 4.69) is 36.1 Å². The third kappa shape index (κ3) is 3.96. The Hall–Kier alpha value is -0.650. The van der Waals surface area contributed by atoms with Crippen molar-refractivity contribution in [2.24, 2.45) is 5.92 Å². The second-order valence-electron chi connectivity index (χ2n) is 6.95. The Balaban J connectivity index is 1.98. The van der Waals surface area contributed by atoms with Crippen LogP contribution in [0.25, 0.3) is 0 Å². The third-order valence-electron chi connectivity index (χ3n) is 5.06. The topological polar surface area (TPSA) is 55.8 Å². The van der Waals surface area contributed by atoms with E-state index in [4.69, 9.17) is 0 Å². The van der Waals surface area contributed by atoms with Crippen LogP contribution < -0.4 is 5.32 Å². The molecule has 0 bridgehead atoms. The summed E-state index contributed by atoms with van der Waals surface area (Å²) in [7, 11) is 4.24. The SMILES string of the molecule is CCCNC(CN(C)CC1CCCN1C)(C(=O)O)C1CC1. The maximum absolute atomic E-state index is 11.9. The van der Waals surface area contributed by atoms with Gasteiger partial charge in [-0.1, -0.05) is 6.92 Å². The maximum Gasteiger partial charge on any atom is 0.325 e. The maximum atomic E-state index is 11.9. The molecule has 122 valence electrons. The molecule has 1 heterocycles. The summed E-state index contributed by atoms with van der Waals surface area (Å²) >= 11 is 0. The van der Waals surface area contributed by atoms with Gasteiger partial charge in [0, 0.05) is 19.1 Å². The first-order chi connectivity index (χ1) is 9.99. The lowest BCUT2D eigenvalue weighted by atomic mass is 9.92. The minimum atomic E-state index is -0.748. The van der Waals surface area contributed by atoms with E-state index in [0.717, 1.165) is 32.4 Å². The molecule has 5 nitrogen and oxygen atoms in total. The van der Waals surface area contributed by atoms with Gasteiger partial charge in [-0.15, -0.1) is 0 Å². The van der Waals surface area contributed by atoms with Crippen molar-refractivity contribution >= 4 is 5.97 Å². The number of likely N-dealkylation sites (N-methyl/N-ethyl adjacent to an activating group) is 2. The monoisotopic (exact) mass is 297 g/mol. The molecular weight excluding hydrogens is 266 g/mol. The quantitative estimate of drug-likeness (QED) is 0.671. The minimum Gasteiger partial charge on any atom is -0.480 e. The average molecular weight is 297 g/mol. The van der Waals surface area contributed by atoms with Crippen LogP contribution in [0.2, 0.25) is 0 Å². The fraction of sp³-hybridized carbons (Fsp3) is 0.938. The van der Waals surface area contributed by atoms with E-state index in [1.54, 1.807) is 0 Å². The second kappa shape index (κ2) is 7.07. The molecule has 1 aliphatic carbocycles. The average Bonchev–Trinajstić information content (AvgIpc) is 3.20. The number of nitrogens with one attached hydrogen (secondary N) is 1. The van der Waals surface area contributed by atoms with Crippen molar-refractivity contribution in [1.82, 2.24) is 15.1 Å². The van der Waals surface area contributed by atoms with Crippen molar-refractivity contribution in [2.75, 3.05) is 40.3 Å². The fourth-order valence-electron chi connectivity index (χ4n) is 3.63. The number of carbonyl (C=O) groups is 1. The molecule has 1 saturated heterocycles. The number of hydrogen-bond acceptors (Lipinski definition) is 4. The van der Waals surface area contributed by atoms with E-state index in [9.17, 15) is 9.90 Å². The lowest BCUT2D eigenvalue weighted by Crippen LogP contribution is -2.61. The van der Waals surface area contributed by atoms with E-state index in [0.29, 0.717) is 18.5 Å². The molecule has 2 unspecified atom stereocenters. The summed E-state index contributed by atoms with van der Waals surface area (Å²) in [6.45, 7) is 5.60. The molecule has 1 saturated carbocycles. The molecule has 0 aromatic carbocycles. The van der Waals surface area contributed by atoms with E-state index in [-0.39, 0.29) is 0 Å². The third-order valence-corrected chi connectivity index (χ3v) is 5.06. The Morgan fingerprint density at radius 2 is 2.14 bits per heavy atom. The molecule has 2 atom stereocenters. The highest BCUT2D eigenvalue weighted by Gasteiger charge is 2.51. The zero-order chi connectivity index (χ0) is 15.5. The first-order valence-electron chi connectivity index (χ1n) is 8.36. The first kappa shape index (κ1) is 16.7. The number of nitrogens with zero attached hydrogens (tertiary/aromatic N) is 2. The first-order valence-corrected chi connectivity index (χ1v) is 8.36. The van der Waals surface area contributed by atoms with Gasteiger partial charge in [0.05, 0.1) is 0 Å². The van der Waals surface area contributed by atoms with Crippen LogP contribution in [-0.4, -0.2) is 72.7 Å². The Morgan fingerprint density at radius 3 is 2.62 bits per heavy atom. The van der Waals surface area contributed by atoms with Gasteiger partial charge in [-0.05, 0) is 65.2 Å². The number of carboxylic acid groups (broad SMARTS) is 1. The van der Waals surface area contributed by atoms with Crippen molar-refractivity contribution in [1.29, 1.82) is 0 Å². The number of rotatable bonds is 9. The van der Waals surface area contributed by atoms with Crippen LogP contribution in [0.5, 0.6) is 0 Å². The number of carboxylic acids is 1. The summed E-state index contributed by atoms with van der Waals surface area (Å²) in [6.07, 6.45) is 5.54. The van der Waals surface area contributed by atoms with Crippen molar-refractivity contribution < 1.29 is 9.90 Å². The Kier molecular flexibility index (Phi) is 5.63. The van der Waals surface area contributed by atoms with Gasteiger partial charge in [-0.3, -0.25) is 4.79 Å². The summed E-state index contributed by atoms with van der Waals surface area (Å²) in [6, 6.07) is 0.576. The number of hydrogen-bond donors (Lipinski definition) is 2. The van der Waals surface area contributed by atoms with Gasteiger partial charge in [0.1, 0.15) is 5.54 Å². The highest BCUT2D eigenvalue weighted by atomic mass is 16.4. The summed E-state index contributed by atoms with van der Waals surface area (Å²) in [4.78, 5) is 16.6. The Morgan fingerprint density at radius 1 is 1.43 bits per heavy atom. The molecule has 21 heavy (non-hydrogen) atoms. The molecule has 0 amide bonds. The Bertz CT molecular complexity index is 359. The van der Waals surface area contributed by atoms with Gasteiger partial charge in [0.25, 0.3) is 0 Å². The molecule has 1 aliphatic heterocycles. The smallest absolute Gasteiger partial charge is 0.325 e. The van der Waals surface area contributed by atoms with Gasteiger partial charge in [-0.25, -0.2) is 0 Å². The molecule has 0 aromatic heterocycles. The Labute approximate surface area is 128 Å². The predicted octanol–water partition coefficient (Wildman–Crippen LogP) is 1.25. The van der Waals surface area contributed by atoms with E-state index in [1.165, 1.54) is 19.4 Å². The number of aliphatic carboxylic acids is 1. The summed E-state index contributed by atoms with van der Waals surface area (Å²) < 4.78 is 0. The zero-order valence-electron chi connectivity index (χ0n) is 13.8. The van der Waals surface area contributed by atoms with Gasteiger partial charge >= 0.3 is 5.97 Å². The van der Waals surface area contributed by atoms with Crippen LogP contribution in [-0.2, 0) is 4.79 Å². The summed E-state index contributed by atoms with van der Waals surface area (Å²) in [5, 5.41) is 13.2. The van der Waals surface area contributed by atoms with Crippen LogP contribution in [0, 0.1) is 5.92 Å². The van der Waals surface area contributed by atoms with Gasteiger partial charge in [0.2, 0.25) is 0 Å². The molecular formula is C16H31N3O2. The standard InChI is InChI=1S/C16H31N3O2/c1-4-9-17-16(15(20)21,13-7-8-13)12-18(2)11-14-6-5-10-19(14)3/h13-14,17H,4-12H2,1-3H3,(H,20,21). The van der Waals surface area contributed by atoms with Gasteiger partial charge in [-0.2, -0.15) is 0 Å². The van der Waals surface area contributed by atoms with Crippen LogP contribution in [0.4, 0.5) is 0 Å². The largest absolute Gasteiger partial charge is 0.480 e. The van der Waals surface area contributed by atoms with Crippen LogP contribution in [0.1, 0.15) is 39.0 Å². The lowest BCUT2D eigenvalue weighted by molar-refractivity contribution is -0.147. The fourth-order valence-corrected chi connectivity index (χ4v) is 3.63. The molecule has 0 aromatic rings. The summed E-state index contributed by atoms with van der Waals surface area (Å²) in [5.41, 5.74) is -0.748. The van der Waals surface area contributed by atoms with Crippen molar-refractivity contribution in [3.8, 4) is 0 Å². The van der Waals surface area contributed by atoms with Gasteiger partial charge < -0.3 is 20.2 Å². The van der Waals surface area contributed by atoms with Crippen molar-refractivity contribution in [3.63, 3.8) is 0 Å². The summed E-state index contributed by atoms with van der Waals surface area (Å²) in [5.74, 6) is -0.379. The van der Waals surface area contributed by atoms with Crippen LogP contribution in [0.15, 0.2) is 0 Å². The predicted molar refractivity (Wildman–Crippen MR) is 84.5 cm³/mol.